The molecule has 1 radical (unpaired) electrons. The first kappa shape index (κ1) is 23.0. The van der Waals surface area contributed by atoms with Crippen molar-refractivity contribution < 1.29 is 26.7 Å². The van der Waals surface area contributed by atoms with Gasteiger partial charge in [0.1, 0.15) is 5.82 Å². The number of halogens is 2. The van der Waals surface area contributed by atoms with Gasteiger partial charge in [-0.25, -0.2) is 17.2 Å². The Balaban J connectivity index is 0.00000300. The summed E-state index contributed by atoms with van der Waals surface area (Å²) in [4.78, 5) is 12.6. The summed E-state index contributed by atoms with van der Waals surface area (Å²) in [5, 5.41) is 0. The van der Waals surface area contributed by atoms with Crippen LogP contribution in [0.1, 0.15) is 15.9 Å². The number of hydrogen-bond donors (Lipinski definition) is 1. The molecule has 9 heteroatoms. The monoisotopic (exact) mass is 426 g/mol. The smallest absolute Gasteiger partial charge is 0.229 e. The maximum atomic E-state index is 14.0. The summed E-state index contributed by atoms with van der Waals surface area (Å²) in [6.07, 6.45) is 0.943. The van der Waals surface area contributed by atoms with E-state index < -0.39 is 21.7 Å². The van der Waals surface area contributed by atoms with Crippen molar-refractivity contribution in [2.45, 2.75) is 0 Å². The minimum Gasteiger partial charge on any atom is -0.452 e. The second-order valence-corrected chi connectivity index (χ2v) is 7.71. The number of nitrogens with one attached hydrogen (secondary N) is 1. The van der Waals surface area contributed by atoms with E-state index in [0.717, 1.165) is 18.4 Å². The zero-order valence-corrected chi connectivity index (χ0v) is 18.5. The third kappa shape index (κ3) is 6.11. The van der Waals surface area contributed by atoms with Crippen LogP contribution in [-0.4, -0.2) is 50.0 Å². The van der Waals surface area contributed by atoms with Crippen LogP contribution in [0.4, 0.5) is 14.5 Å². The topological polar surface area (TPSA) is 72.5 Å². The molecule has 3 aromatic rings. The number of rotatable bonds is 6. The third-order valence-electron chi connectivity index (χ3n) is 3.69. The maximum Gasteiger partial charge on any atom is 0.229 e. The zero-order valence-electron chi connectivity index (χ0n) is 15.6. The molecule has 0 atom stereocenters. The van der Waals surface area contributed by atoms with Gasteiger partial charge in [-0.05, 0) is 30.3 Å². The Morgan fingerprint density at radius 1 is 0.897 bits per heavy atom. The average Bonchev–Trinajstić information content (AvgIpc) is 2.64. The van der Waals surface area contributed by atoms with Crippen LogP contribution in [0.5, 0.6) is 11.5 Å². The molecule has 0 bridgehead atoms. The van der Waals surface area contributed by atoms with Gasteiger partial charge in [-0.15, -0.1) is 0 Å². The fraction of sp³-hybridized carbons (Fsp3) is 0.0500. The first-order chi connectivity index (χ1) is 13.2. The summed E-state index contributed by atoms with van der Waals surface area (Å²) in [7, 11) is -3.66. The summed E-state index contributed by atoms with van der Waals surface area (Å²) in [6.45, 7) is 0. The predicted molar refractivity (Wildman–Crippen MR) is 107 cm³/mol. The van der Waals surface area contributed by atoms with Crippen LogP contribution in [0.3, 0.4) is 0 Å². The normalized spacial score (nSPS) is 10.7. The van der Waals surface area contributed by atoms with Gasteiger partial charge in [-0.1, -0.05) is 30.3 Å². The van der Waals surface area contributed by atoms with Gasteiger partial charge >= 0.3 is 0 Å². The third-order valence-corrected chi connectivity index (χ3v) is 4.28. The van der Waals surface area contributed by atoms with E-state index in [4.69, 9.17) is 4.74 Å². The molecule has 0 spiro atoms. The summed E-state index contributed by atoms with van der Waals surface area (Å²) in [5.41, 5.74) is 0.642. The largest absolute Gasteiger partial charge is 0.452 e. The van der Waals surface area contributed by atoms with E-state index in [1.807, 2.05) is 0 Å². The molecule has 0 amide bonds. The molecule has 1 N–H and O–H groups in total. The first-order valence-electron chi connectivity index (χ1n) is 8.07. The molecule has 145 valence electrons. The molecule has 3 rings (SSSR count). The number of carbonyl (C=O) groups is 1. The molecule has 0 heterocycles. The van der Waals surface area contributed by atoms with E-state index in [9.17, 15) is 22.0 Å². The van der Waals surface area contributed by atoms with Gasteiger partial charge in [0, 0.05) is 46.8 Å². The number of anilines is 1. The summed E-state index contributed by atoms with van der Waals surface area (Å²) in [5.74, 6) is -2.49. The number of sulfonamides is 1. The van der Waals surface area contributed by atoms with Crippen molar-refractivity contribution >= 4 is 51.1 Å². The Hall–Kier alpha value is -2.26. The Bertz CT molecular complexity index is 1140. The molecule has 0 unspecified atom stereocenters. The van der Waals surface area contributed by atoms with Gasteiger partial charge in [0.15, 0.2) is 23.1 Å². The molecule has 0 aliphatic carbocycles. The maximum absolute atomic E-state index is 14.0. The van der Waals surface area contributed by atoms with Crippen molar-refractivity contribution in [3.05, 3.63) is 89.5 Å². The molecule has 0 aliphatic heterocycles. The van der Waals surface area contributed by atoms with Gasteiger partial charge < -0.3 is 4.74 Å². The standard InChI is InChI=1S/C20H15F2NO4S.Na/c1-28(25,26)23-17-9-7-14(20(24)13-5-3-2-4-6-13)11-19(17)27-18-10-8-15(21)12-16(18)22;/h2-12,23H,1H3;. The molecule has 0 aliphatic rings. The number of carbonyl (C=O) groups excluding carboxylic acids is 1. The van der Waals surface area contributed by atoms with Crippen LogP contribution in [0.25, 0.3) is 0 Å². The van der Waals surface area contributed by atoms with Crippen LogP contribution in [0.15, 0.2) is 66.7 Å². The van der Waals surface area contributed by atoms with Crippen molar-refractivity contribution in [3.63, 3.8) is 0 Å². The molecular formula is C20H15F2NNaO4S. The first-order valence-corrected chi connectivity index (χ1v) is 9.96. The minimum absolute atomic E-state index is 0. The van der Waals surface area contributed by atoms with E-state index in [0.29, 0.717) is 11.6 Å². The molecule has 0 fully saturated rings. The summed E-state index contributed by atoms with van der Waals surface area (Å²) >= 11 is 0. The van der Waals surface area contributed by atoms with Crippen LogP contribution in [0, 0.1) is 11.6 Å². The molecule has 0 saturated carbocycles. The molecular weight excluding hydrogens is 411 g/mol. The molecule has 5 nitrogen and oxygen atoms in total. The van der Waals surface area contributed by atoms with Gasteiger partial charge in [0.05, 0.1) is 11.9 Å². The Morgan fingerprint density at radius 2 is 1.59 bits per heavy atom. The fourth-order valence-electron chi connectivity index (χ4n) is 2.46. The molecule has 0 aromatic heterocycles. The predicted octanol–water partition coefficient (Wildman–Crippen LogP) is 3.98. The number of ether oxygens (including phenoxy) is 1. The summed E-state index contributed by atoms with van der Waals surface area (Å²) < 4.78 is 58.0. The Kier molecular flexibility index (Phi) is 7.54. The van der Waals surface area contributed by atoms with E-state index in [1.165, 1.54) is 18.2 Å². The van der Waals surface area contributed by atoms with E-state index >= 15 is 0 Å². The van der Waals surface area contributed by atoms with Gasteiger partial charge in [-0.2, -0.15) is 0 Å². The SMILES string of the molecule is CS(=O)(=O)Nc1ccc(C(=O)c2ccccc2)cc1Oc1ccc(F)cc1F.[Na]. The Morgan fingerprint density at radius 3 is 2.21 bits per heavy atom. The van der Waals surface area contributed by atoms with Crippen LogP contribution >= 0.6 is 0 Å². The van der Waals surface area contributed by atoms with Crippen molar-refractivity contribution in [1.29, 1.82) is 0 Å². The van der Waals surface area contributed by atoms with E-state index in [2.05, 4.69) is 4.72 Å². The van der Waals surface area contributed by atoms with Crippen LogP contribution in [-0.2, 0) is 10.0 Å². The van der Waals surface area contributed by atoms with Gasteiger partial charge in [-0.3, -0.25) is 9.52 Å². The van der Waals surface area contributed by atoms with Crippen LogP contribution in [0.2, 0.25) is 0 Å². The minimum atomic E-state index is -3.66. The van der Waals surface area contributed by atoms with Gasteiger partial charge in [0.2, 0.25) is 10.0 Å². The quantitative estimate of drug-likeness (QED) is 0.478. The summed E-state index contributed by atoms with van der Waals surface area (Å²) in [6, 6.07) is 15.2. The van der Waals surface area contributed by atoms with E-state index in [-0.39, 0.29) is 58.1 Å². The zero-order chi connectivity index (χ0) is 20.3. The van der Waals surface area contributed by atoms with Crippen molar-refractivity contribution in [2.24, 2.45) is 0 Å². The number of ketones is 1. The fourth-order valence-corrected chi connectivity index (χ4v) is 3.03. The molecule has 0 saturated heterocycles. The number of benzene rings is 3. The van der Waals surface area contributed by atoms with Crippen molar-refractivity contribution in [2.75, 3.05) is 11.0 Å². The van der Waals surface area contributed by atoms with Gasteiger partial charge in [0.25, 0.3) is 0 Å². The van der Waals surface area contributed by atoms with Crippen LogP contribution < -0.4 is 9.46 Å². The van der Waals surface area contributed by atoms with Crippen molar-refractivity contribution in [3.8, 4) is 11.5 Å². The molecule has 29 heavy (non-hydrogen) atoms. The van der Waals surface area contributed by atoms with Crippen molar-refractivity contribution in [1.82, 2.24) is 0 Å². The number of hydrogen-bond acceptors (Lipinski definition) is 4. The van der Waals surface area contributed by atoms with E-state index in [1.54, 1.807) is 30.3 Å². The molecule has 3 aromatic carbocycles. The Labute approximate surface area is 189 Å². The second kappa shape index (κ2) is 9.49. The second-order valence-electron chi connectivity index (χ2n) is 5.96. The average molecular weight is 426 g/mol.